The molecule has 3 aromatic rings. The van der Waals surface area contributed by atoms with Crippen LogP contribution in [0.3, 0.4) is 0 Å². The van der Waals surface area contributed by atoms with Crippen molar-refractivity contribution in [2.75, 3.05) is 31.5 Å². The van der Waals surface area contributed by atoms with Gasteiger partial charge in [0.15, 0.2) is 0 Å². The van der Waals surface area contributed by atoms with E-state index in [1.54, 1.807) is 37.3 Å². The standard InChI is InChI=1S/C29H30FN5O2/c1-20(36)35-15-5-7-22(19-35)18-33-29(37)26-11-12-27(25-10-3-2-8-23(25)17-31)34-28(26)32-14-13-21-6-4-9-24(30)16-21/h2-4,6,8-12,16,22H,5,7,13-15,18-19H2,1H3,(H,32,34)(H,33,37)/t22-/m1/s1. The van der Waals surface area contributed by atoms with E-state index in [9.17, 15) is 19.2 Å². The average molecular weight is 500 g/mol. The Balaban J connectivity index is 1.52. The summed E-state index contributed by atoms with van der Waals surface area (Å²) in [5, 5.41) is 15.8. The molecule has 1 aromatic heterocycles. The number of nitrogens with zero attached hydrogens (tertiary/aromatic N) is 3. The smallest absolute Gasteiger partial charge is 0.255 e. The Morgan fingerprint density at radius 1 is 1.16 bits per heavy atom. The Morgan fingerprint density at radius 3 is 2.78 bits per heavy atom. The summed E-state index contributed by atoms with van der Waals surface area (Å²) in [5.74, 6) is 0.0878. The number of piperidine rings is 1. The fourth-order valence-electron chi connectivity index (χ4n) is 4.60. The maximum atomic E-state index is 13.6. The highest BCUT2D eigenvalue weighted by atomic mass is 19.1. The molecule has 0 radical (unpaired) electrons. The number of hydrogen-bond donors (Lipinski definition) is 2. The van der Waals surface area contributed by atoms with Crippen molar-refractivity contribution >= 4 is 17.6 Å². The number of hydrogen-bond acceptors (Lipinski definition) is 5. The minimum absolute atomic E-state index is 0.0539. The lowest BCUT2D eigenvalue weighted by atomic mass is 9.98. The molecular weight excluding hydrogens is 469 g/mol. The second-order valence-corrected chi connectivity index (χ2v) is 9.24. The molecule has 0 bridgehead atoms. The molecule has 2 amide bonds. The van der Waals surface area contributed by atoms with Crippen LogP contribution in [0.2, 0.25) is 0 Å². The molecular formula is C29H30FN5O2. The fourth-order valence-corrected chi connectivity index (χ4v) is 4.60. The number of halogens is 1. The van der Waals surface area contributed by atoms with Gasteiger partial charge in [-0.25, -0.2) is 9.37 Å². The number of amides is 2. The number of likely N-dealkylation sites (tertiary alicyclic amines) is 1. The van der Waals surface area contributed by atoms with Gasteiger partial charge in [0.05, 0.1) is 22.9 Å². The van der Waals surface area contributed by atoms with Crippen molar-refractivity contribution in [3.63, 3.8) is 0 Å². The van der Waals surface area contributed by atoms with Gasteiger partial charge in [-0.3, -0.25) is 9.59 Å². The molecule has 0 saturated carbocycles. The Labute approximate surface area is 216 Å². The molecule has 37 heavy (non-hydrogen) atoms. The molecule has 0 unspecified atom stereocenters. The highest BCUT2D eigenvalue weighted by molar-refractivity contribution is 5.99. The van der Waals surface area contributed by atoms with E-state index in [0.29, 0.717) is 54.3 Å². The Hall–Kier alpha value is -4.25. The summed E-state index contributed by atoms with van der Waals surface area (Å²) < 4.78 is 13.6. The first-order chi connectivity index (χ1) is 17.9. The van der Waals surface area contributed by atoms with E-state index in [1.807, 2.05) is 23.1 Å². The lowest BCUT2D eigenvalue weighted by Crippen LogP contribution is -2.42. The minimum Gasteiger partial charge on any atom is -0.369 e. The summed E-state index contributed by atoms with van der Waals surface area (Å²) in [4.78, 5) is 31.5. The number of anilines is 1. The van der Waals surface area contributed by atoms with Crippen molar-refractivity contribution in [1.29, 1.82) is 5.26 Å². The second kappa shape index (κ2) is 12.1. The summed E-state index contributed by atoms with van der Waals surface area (Å²) in [6, 6.07) is 19.2. The molecule has 2 aromatic carbocycles. The summed E-state index contributed by atoms with van der Waals surface area (Å²) in [6.45, 7) is 3.87. The Bertz CT molecular complexity index is 1320. The highest BCUT2D eigenvalue weighted by Gasteiger charge is 2.23. The molecule has 0 aliphatic carbocycles. The first-order valence-corrected chi connectivity index (χ1v) is 12.5. The predicted molar refractivity (Wildman–Crippen MR) is 140 cm³/mol. The number of nitriles is 1. The zero-order valence-corrected chi connectivity index (χ0v) is 20.8. The minimum atomic E-state index is -0.295. The fraction of sp³-hybridized carbons (Fsp3) is 0.310. The molecule has 4 rings (SSSR count). The Morgan fingerprint density at radius 2 is 2.00 bits per heavy atom. The first kappa shape index (κ1) is 25.8. The van der Waals surface area contributed by atoms with E-state index in [1.165, 1.54) is 12.1 Å². The van der Waals surface area contributed by atoms with Gasteiger partial charge in [-0.2, -0.15) is 5.26 Å². The lowest BCUT2D eigenvalue weighted by molar-refractivity contribution is -0.130. The van der Waals surface area contributed by atoms with Gasteiger partial charge in [0.2, 0.25) is 5.91 Å². The van der Waals surface area contributed by atoms with Crippen LogP contribution in [-0.4, -0.2) is 47.9 Å². The largest absolute Gasteiger partial charge is 0.369 e. The van der Waals surface area contributed by atoms with Gasteiger partial charge < -0.3 is 15.5 Å². The van der Waals surface area contributed by atoms with Gasteiger partial charge in [-0.1, -0.05) is 30.3 Å². The van der Waals surface area contributed by atoms with Crippen molar-refractivity contribution in [3.8, 4) is 17.3 Å². The SMILES string of the molecule is CC(=O)N1CCC[C@H](CNC(=O)c2ccc(-c3ccccc3C#N)nc2NCCc2cccc(F)c2)C1. The first-order valence-electron chi connectivity index (χ1n) is 12.5. The molecule has 1 atom stereocenters. The summed E-state index contributed by atoms with van der Waals surface area (Å²) in [7, 11) is 0. The van der Waals surface area contributed by atoms with Gasteiger partial charge in [-0.05, 0) is 61.1 Å². The molecule has 2 N–H and O–H groups in total. The van der Waals surface area contributed by atoms with Crippen LogP contribution in [0.1, 0.15) is 41.3 Å². The van der Waals surface area contributed by atoms with Crippen LogP contribution in [0.4, 0.5) is 10.2 Å². The number of nitrogens with one attached hydrogen (secondary N) is 2. The lowest BCUT2D eigenvalue weighted by Gasteiger charge is -2.32. The van der Waals surface area contributed by atoms with E-state index >= 15 is 0 Å². The van der Waals surface area contributed by atoms with Gasteiger partial charge in [-0.15, -0.1) is 0 Å². The second-order valence-electron chi connectivity index (χ2n) is 9.24. The number of benzene rings is 2. The Kier molecular flexibility index (Phi) is 8.47. The zero-order chi connectivity index (χ0) is 26.2. The van der Waals surface area contributed by atoms with Gasteiger partial charge in [0.25, 0.3) is 5.91 Å². The predicted octanol–water partition coefficient (Wildman–Crippen LogP) is 4.40. The van der Waals surface area contributed by atoms with Crippen LogP contribution in [0.25, 0.3) is 11.3 Å². The molecule has 1 saturated heterocycles. The zero-order valence-electron chi connectivity index (χ0n) is 20.8. The van der Waals surface area contributed by atoms with Gasteiger partial charge >= 0.3 is 0 Å². The monoisotopic (exact) mass is 499 g/mol. The number of rotatable bonds is 8. The van der Waals surface area contributed by atoms with Gasteiger partial charge in [0.1, 0.15) is 11.6 Å². The average Bonchev–Trinajstić information content (AvgIpc) is 2.92. The molecule has 0 spiro atoms. The summed E-state index contributed by atoms with van der Waals surface area (Å²) in [6.07, 6.45) is 2.41. The van der Waals surface area contributed by atoms with Crippen LogP contribution >= 0.6 is 0 Å². The molecule has 190 valence electrons. The summed E-state index contributed by atoms with van der Waals surface area (Å²) >= 11 is 0. The van der Waals surface area contributed by atoms with E-state index < -0.39 is 0 Å². The third kappa shape index (κ3) is 6.70. The molecule has 1 aliphatic rings. The van der Waals surface area contributed by atoms with E-state index in [4.69, 9.17) is 4.98 Å². The third-order valence-corrected chi connectivity index (χ3v) is 6.57. The maximum Gasteiger partial charge on any atom is 0.255 e. The van der Waals surface area contributed by atoms with E-state index in [-0.39, 0.29) is 23.5 Å². The quantitative estimate of drug-likeness (QED) is 0.479. The molecule has 7 nitrogen and oxygen atoms in total. The topological polar surface area (TPSA) is 98.1 Å². The molecule has 1 fully saturated rings. The van der Waals surface area contributed by atoms with Crippen LogP contribution in [0.15, 0.2) is 60.7 Å². The molecule has 1 aliphatic heterocycles. The number of pyridine rings is 1. The third-order valence-electron chi connectivity index (χ3n) is 6.57. The van der Waals surface area contributed by atoms with Crippen molar-refractivity contribution in [2.45, 2.75) is 26.2 Å². The maximum absolute atomic E-state index is 13.6. The van der Waals surface area contributed by atoms with Crippen molar-refractivity contribution in [1.82, 2.24) is 15.2 Å². The van der Waals surface area contributed by atoms with Crippen molar-refractivity contribution in [3.05, 3.63) is 83.2 Å². The van der Waals surface area contributed by atoms with Crippen molar-refractivity contribution in [2.24, 2.45) is 5.92 Å². The van der Waals surface area contributed by atoms with Crippen LogP contribution in [-0.2, 0) is 11.2 Å². The molecule has 2 heterocycles. The number of carbonyl (C=O) groups is 2. The highest BCUT2D eigenvalue weighted by Crippen LogP contribution is 2.25. The van der Waals surface area contributed by atoms with Crippen LogP contribution in [0, 0.1) is 23.1 Å². The van der Waals surface area contributed by atoms with Crippen molar-refractivity contribution < 1.29 is 14.0 Å². The molecule has 8 heteroatoms. The van der Waals surface area contributed by atoms with Crippen LogP contribution in [0.5, 0.6) is 0 Å². The number of carbonyl (C=O) groups excluding carboxylic acids is 2. The van der Waals surface area contributed by atoms with Crippen LogP contribution < -0.4 is 10.6 Å². The summed E-state index contributed by atoms with van der Waals surface area (Å²) in [5.41, 5.74) is 2.96. The van der Waals surface area contributed by atoms with E-state index in [2.05, 4.69) is 16.7 Å². The van der Waals surface area contributed by atoms with E-state index in [0.717, 1.165) is 24.9 Å². The number of aromatic nitrogens is 1. The normalized spacial score (nSPS) is 15.1. The van der Waals surface area contributed by atoms with Gasteiger partial charge in [0, 0.05) is 38.7 Å².